The molecule has 1 N–H and O–H groups in total. The molecular formula is H14INP12. The van der Waals surface area contributed by atoms with Crippen LogP contribution >= 0.6 is 120 Å². The lowest BCUT2D eigenvalue weighted by atomic mass is 13.9. The first kappa shape index (κ1) is 17.9. The fraction of sp³-hybridized carbons (Fsp3) is 0. The molecule has 0 heterocycles. The first-order valence-corrected chi connectivity index (χ1v) is 25.2. The van der Waals surface area contributed by atoms with Crippen molar-refractivity contribution in [1.82, 2.24) is 3.29 Å². The second kappa shape index (κ2) is 11.5. The topological polar surface area (TPSA) is 12.0 Å². The standard InChI is InChI=1S/H14INP12/c1-2-10(13(8)9-3)14(11(4)5)12(6)7/h2,9H,3-8H2/i/hT. The van der Waals surface area contributed by atoms with Gasteiger partial charge in [0.2, 0.25) is 0 Å². The van der Waals surface area contributed by atoms with Crippen LogP contribution in [0.25, 0.3) is 0 Å². The van der Waals surface area contributed by atoms with Crippen LogP contribution in [0.15, 0.2) is 0 Å². The van der Waals surface area contributed by atoms with Gasteiger partial charge in [-0.15, -0.1) is 53.6 Å². The Labute approximate surface area is 123 Å². The summed E-state index contributed by atoms with van der Waals surface area (Å²) < 4.78 is 9.66. The van der Waals surface area contributed by atoms with Crippen molar-refractivity contribution in [3.8, 4) is 0 Å². The predicted molar refractivity (Wildman–Crippen MR) is 118 cm³/mol. The lowest BCUT2D eigenvalue weighted by molar-refractivity contribution is 1.87. The zero-order chi connectivity index (χ0) is 12.2. The van der Waals surface area contributed by atoms with E-state index >= 15 is 0 Å². The average molecular weight is 529 g/mol. The molecule has 0 aliphatic rings. The molecule has 0 saturated carbocycles. The summed E-state index contributed by atoms with van der Waals surface area (Å²) in [7, 11) is 18.3. The average Bonchev–Trinajstić information content (AvgIpc) is 2.10. The van der Waals surface area contributed by atoms with Gasteiger partial charge < -0.3 is 0 Å². The van der Waals surface area contributed by atoms with E-state index in [0.717, 1.165) is 7.96 Å². The van der Waals surface area contributed by atoms with Crippen LogP contribution in [-0.2, 0) is 0 Å². The molecule has 9 atom stereocenters. The van der Waals surface area contributed by atoms with Crippen LogP contribution in [0.5, 0.6) is 0 Å². The van der Waals surface area contributed by atoms with Crippen molar-refractivity contribution in [2.75, 3.05) is 0 Å². The SMILES string of the molecule is [3H]N(I)P(P(P)PP)P(P(P)P)P(P)P. The number of rotatable bonds is 6. The van der Waals surface area contributed by atoms with Gasteiger partial charge in [-0.05, 0) is 21.0 Å². The fourth-order valence-corrected chi connectivity index (χ4v) is 100. The van der Waals surface area contributed by atoms with E-state index in [2.05, 4.69) is 76.4 Å². The highest BCUT2D eigenvalue weighted by molar-refractivity contribution is 14.1. The van der Waals surface area contributed by atoms with Crippen molar-refractivity contribution >= 4 is 120 Å². The second-order valence-corrected chi connectivity index (χ2v) is 46.1. The van der Waals surface area contributed by atoms with Gasteiger partial charge in [0, 0.05) is 37.3 Å². The normalized spacial score (nSPS) is 18.9. The predicted octanol–water partition coefficient (Wildman–Crippen LogP) is 7.24. The molecule has 9 unspecified atom stereocenters. The molecule has 0 rings (SSSR count). The number of hydrogen-bond donors (Lipinski definition) is 1. The maximum atomic E-state index is 7.93. The van der Waals surface area contributed by atoms with Crippen molar-refractivity contribution in [3.05, 3.63) is 0 Å². The molecule has 0 saturated heterocycles. The van der Waals surface area contributed by atoms with Gasteiger partial charge in [-0.25, -0.2) is 3.29 Å². The largest absolute Gasteiger partial charge is 0.230 e. The minimum absolute atomic E-state index is 0.0480. The van der Waals surface area contributed by atoms with Gasteiger partial charge in [-0.1, -0.05) is 7.96 Å². The Kier molecular flexibility index (Phi) is 14.7. The van der Waals surface area contributed by atoms with Crippen LogP contribution in [0.2, 0.25) is 1.41 Å². The number of nitrogens with one attached hydrogen (secondary N) is 1. The highest BCUT2D eigenvalue weighted by Crippen LogP contribution is 3.14. The molecule has 14 heavy (non-hydrogen) atoms. The summed E-state index contributed by atoms with van der Waals surface area (Å²) in [6.45, 7) is -0.258. The van der Waals surface area contributed by atoms with Crippen LogP contribution in [0.4, 0.5) is 0 Å². The summed E-state index contributed by atoms with van der Waals surface area (Å²) in [4.78, 5) is 0. The monoisotopic (exact) mass is 529 g/mol. The zero-order valence-corrected chi connectivity index (χ0v) is 21.6. The van der Waals surface area contributed by atoms with Gasteiger partial charge in [-0.3, -0.25) is 0 Å². The molecule has 0 radical (unpaired) electrons. The molecule has 86 valence electrons. The molecular weight excluding hydrogens is 513 g/mol. The van der Waals surface area contributed by atoms with E-state index in [1.165, 1.54) is 0 Å². The van der Waals surface area contributed by atoms with Gasteiger partial charge >= 0.3 is 0 Å². The number of hydrogen-bond acceptors (Lipinski definition) is 1. The highest BCUT2D eigenvalue weighted by Gasteiger charge is 2.30. The lowest BCUT2D eigenvalue weighted by Gasteiger charge is -2.35. The molecule has 0 bridgehead atoms. The third-order valence-corrected chi connectivity index (χ3v) is 67.3. The Hall–Kier alpha value is 5.85. The van der Waals surface area contributed by atoms with Crippen molar-refractivity contribution < 1.29 is 1.41 Å². The Morgan fingerprint density at radius 2 is 1.57 bits per heavy atom. The van der Waals surface area contributed by atoms with E-state index in [-0.39, 0.29) is 35.4 Å². The maximum Gasteiger partial charge on any atom is 0.140 e. The lowest BCUT2D eigenvalue weighted by Crippen LogP contribution is -1.77. The molecule has 0 spiro atoms. The van der Waals surface area contributed by atoms with E-state index < -0.39 is 0 Å². The zero-order valence-electron chi connectivity index (χ0n) is 8.03. The molecule has 0 aromatic heterocycles. The number of halogens is 1. The van der Waals surface area contributed by atoms with Crippen LogP contribution in [0, 0.1) is 0 Å². The fourth-order valence-electron chi connectivity index (χ4n) is 0.508. The van der Waals surface area contributed by atoms with Crippen LogP contribution < -0.4 is 3.29 Å². The highest BCUT2D eigenvalue weighted by atomic mass is 127. The maximum absolute atomic E-state index is 7.93. The van der Waals surface area contributed by atoms with Gasteiger partial charge in [0.05, 0.1) is 0 Å². The first-order chi connectivity index (χ1) is 6.82. The van der Waals surface area contributed by atoms with E-state index in [4.69, 9.17) is 1.41 Å². The van der Waals surface area contributed by atoms with Gasteiger partial charge in [0.25, 0.3) is 0 Å². The molecule has 1 nitrogen and oxygen atoms in total. The van der Waals surface area contributed by atoms with Crippen molar-refractivity contribution in [2.45, 2.75) is 0 Å². The van der Waals surface area contributed by atoms with Crippen LogP contribution in [-0.4, -0.2) is 0 Å². The minimum Gasteiger partial charge on any atom is -0.230 e. The van der Waals surface area contributed by atoms with Crippen molar-refractivity contribution in [3.63, 3.8) is 0 Å². The Balaban J connectivity index is 4.84. The van der Waals surface area contributed by atoms with E-state index in [1.807, 2.05) is 0 Å². The molecule has 0 aliphatic carbocycles. The van der Waals surface area contributed by atoms with Crippen molar-refractivity contribution in [2.24, 2.45) is 0 Å². The Bertz CT molecular complexity index is 163. The van der Waals surface area contributed by atoms with E-state index in [0.29, 0.717) is 0 Å². The van der Waals surface area contributed by atoms with Gasteiger partial charge in [0.1, 0.15) is 1.41 Å². The summed E-state index contributed by atoms with van der Waals surface area (Å²) in [5, 5.41) is 0. The van der Waals surface area contributed by atoms with Gasteiger partial charge in [-0.2, -0.15) is 0 Å². The van der Waals surface area contributed by atoms with Crippen LogP contribution in [0.1, 0.15) is 0 Å². The summed E-state index contributed by atoms with van der Waals surface area (Å²) in [5.74, 6) is 0. The van der Waals surface area contributed by atoms with E-state index in [9.17, 15) is 0 Å². The summed E-state index contributed by atoms with van der Waals surface area (Å²) in [5.41, 5.74) is 0. The molecule has 0 fully saturated rings. The Morgan fingerprint density at radius 1 is 1.14 bits per heavy atom. The molecule has 0 aromatic carbocycles. The van der Waals surface area contributed by atoms with Crippen LogP contribution in [0.3, 0.4) is 0 Å². The minimum atomic E-state index is -0.278. The molecule has 0 amide bonds. The molecule has 14 heteroatoms. The van der Waals surface area contributed by atoms with E-state index in [1.54, 1.807) is 3.29 Å². The van der Waals surface area contributed by atoms with Crippen molar-refractivity contribution in [1.29, 1.82) is 0 Å². The third kappa shape index (κ3) is 7.58. The summed E-state index contributed by atoms with van der Waals surface area (Å²) in [6, 6.07) is 0. The summed E-state index contributed by atoms with van der Waals surface area (Å²) in [6.07, 6.45) is 0. The summed E-state index contributed by atoms with van der Waals surface area (Å²) >= 11 is 2.15. The van der Waals surface area contributed by atoms with Gasteiger partial charge in [0.15, 0.2) is 0 Å². The smallest absolute Gasteiger partial charge is 0.140 e. The molecule has 0 aromatic rings. The molecule has 0 aliphatic heterocycles. The first-order valence-electron chi connectivity index (χ1n) is 3.42. The second-order valence-electron chi connectivity index (χ2n) is 1.85. The Morgan fingerprint density at radius 3 is 1.79 bits per heavy atom. The quantitative estimate of drug-likeness (QED) is 0.218. The third-order valence-electron chi connectivity index (χ3n) is 0.966.